The zero-order chi connectivity index (χ0) is 26.6. The Bertz CT molecular complexity index is 1680. The lowest BCUT2D eigenvalue weighted by molar-refractivity contribution is -0.115. The van der Waals surface area contributed by atoms with Gasteiger partial charge in [-0.2, -0.15) is 9.78 Å². The van der Waals surface area contributed by atoms with Crippen LogP contribution in [-0.4, -0.2) is 28.3 Å². The highest BCUT2D eigenvalue weighted by atomic mass is 35.5. The van der Waals surface area contributed by atoms with Gasteiger partial charge in [-0.15, -0.1) is 11.3 Å². The van der Waals surface area contributed by atoms with Gasteiger partial charge in [-0.25, -0.2) is 4.79 Å². The van der Waals surface area contributed by atoms with Gasteiger partial charge in [0.25, 0.3) is 5.56 Å². The highest BCUT2D eigenvalue weighted by molar-refractivity contribution is 7.16. The van der Waals surface area contributed by atoms with Crippen LogP contribution >= 0.6 is 22.9 Å². The van der Waals surface area contributed by atoms with E-state index in [-0.39, 0.29) is 30.0 Å². The third-order valence-electron chi connectivity index (χ3n) is 5.87. The maximum absolute atomic E-state index is 13.5. The van der Waals surface area contributed by atoms with Crippen molar-refractivity contribution in [3.05, 3.63) is 111 Å². The molecule has 0 spiro atoms. The molecule has 38 heavy (non-hydrogen) atoms. The van der Waals surface area contributed by atoms with Crippen LogP contribution in [0.3, 0.4) is 0 Å². The summed E-state index contributed by atoms with van der Waals surface area (Å²) in [5, 5.41) is 10.1. The summed E-state index contributed by atoms with van der Waals surface area (Å²) in [5.41, 5.74) is 2.92. The van der Waals surface area contributed by atoms with E-state index in [2.05, 4.69) is 10.4 Å². The van der Waals surface area contributed by atoms with Crippen LogP contribution in [0.15, 0.2) is 89.0 Å². The van der Waals surface area contributed by atoms with Crippen molar-refractivity contribution in [1.82, 2.24) is 9.78 Å². The van der Waals surface area contributed by atoms with Gasteiger partial charge in [-0.3, -0.25) is 9.59 Å². The average Bonchev–Trinajstić information content (AvgIpc) is 3.34. The number of thiophene rings is 1. The molecule has 2 aromatic heterocycles. The SMILES string of the molecule is CCOC(=O)c1nn(-c2ccc(Cl)cc2)c(=O)c2c(NC(=O)Cc3ccc(-c4ccccc4)cc3)scc12. The Balaban J connectivity index is 1.46. The summed E-state index contributed by atoms with van der Waals surface area (Å²) < 4.78 is 6.30. The van der Waals surface area contributed by atoms with Gasteiger partial charge in [0.1, 0.15) is 5.00 Å². The van der Waals surface area contributed by atoms with Crippen LogP contribution in [0.1, 0.15) is 23.0 Å². The normalized spacial score (nSPS) is 10.9. The molecule has 0 fully saturated rings. The lowest BCUT2D eigenvalue weighted by atomic mass is 10.0. The quantitative estimate of drug-likeness (QED) is 0.250. The molecule has 0 aliphatic carbocycles. The predicted octanol–water partition coefficient (Wildman–Crippen LogP) is 6.13. The van der Waals surface area contributed by atoms with E-state index in [0.717, 1.165) is 32.7 Å². The van der Waals surface area contributed by atoms with Gasteiger partial charge in [0.2, 0.25) is 5.91 Å². The van der Waals surface area contributed by atoms with Crippen molar-refractivity contribution in [2.75, 3.05) is 11.9 Å². The Morgan fingerprint density at radius 1 is 0.974 bits per heavy atom. The Kier molecular flexibility index (Phi) is 7.35. The molecule has 0 unspecified atom stereocenters. The van der Waals surface area contributed by atoms with Gasteiger partial charge in [0.05, 0.1) is 24.1 Å². The fourth-order valence-electron chi connectivity index (χ4n) is 4.05. The molecule has 5 rings (SSSR count). The predicted molar refractivity (Wildman–Crippen MR) is 150 cm³/mol. The second-order valence-corrected chi connectivity index (χ2v) is 9.72. The minimum atomic E-state index is -0.658. The van der Waals surface area contributed by atoms with Crippen LogP contribution in [0, 0.1) is 0 Å². The van der Waals surface area contributed by atoms with Crippen LogP contribution in [0.2, 0.25) is 5.02 Å². The van der Waals surface area contributed by atoms with Crippen LogP contribution in [0.4, 0.5) is 5.00 Å². The van der Waals surface area contributed by atoms with Gasteiger partial charge >= 0.3 is 5.97 Å². The molecule has 0 saturated carbocycles. The van der Waals surface area contributed by atoms with Crippen LogP contribution < -0.4 is 10.9 Å². The van der Waals surface area contributed by atoms with Crippen LogP contribution in [0.25, 0.3) is 27.6 Å². The molecule has 2 heterocycles. The van der Waals surface area contributed by atoms with E-state index in [9.17, 15) is 14.4 Å². The summed E-state index contributed by atoms with van der Waals surface area (Å²) in [6.45, 7) is 1.84. The largest absolute Gasteiger partial charge is 0.461 e. The minimum Gasteiger partial charge on any atom is -0.461 e. The summed E-state index contributed by atoms with van der Waals surface area (Å²) in [4.78, 5) is 39.2. The fourth-order valence-corrected chi connectivity index (χ4v) is 5.13. The van der Waals surface area contributed by atoms with Crippen molar-refractivity contribution in [2.24, 2.45) is 0 Å². The Labute approximate surface area is 227 Å². The maximum atomic E-state index is 13.5. The second-order valence-electron chi connectivity index (χ2n) is 8.40. The van der Waals surface area contributed by atoms with Gasteiger partial charge in [0, 0.05) is 15.8 Å². The van der Waals surface area contributed by atoms with Crippen molar-refractivity contribution in [2.45, 2.75) is 13.3 Å². The number of halogens is 1. The summed E-state index contributed by atoms with van der Waals surface area (Å²) in [7, 11) is 0. The number of benzene rings is 3. The number of fused-ring (bicyclic) bond motifs is 1. The van der Waals surface area contributed by atoms with Crippen molar-refractivity contribution < 1.29 is 14.3 Å². The first-order chi connectivity index (χ1) is 18.4. The number of anilines is 1. The first-order valence-corrected chi connectivity index (χ1v) is 13.1. The summed E-state index contributed by atoms with van der Waals surface area (Å²) in [6, 6.07) is 24.2. The molecule has 0 atom stereocenters. The molecule has 1 amide bonds. The molecule has 9 heteroatoms. The third kappa shape index (κ3) is 5.22. The number of hydrogen-bond donors (Lipinski definition) is 1. The van der Waals surface area contributed by atoms with E-state index in [0.29, 0.717) is 21.1 Å². The molecule has 7 nitrogen and oxygen atoms in total. The molecular formula is C29H22ClN3O4S. The number of aromatic nitrogens is 2. The smallest absolute Gasteiger partial charge is 0.359 e. The Hall–Kier alpha value is -4.27. The van der Waals surface area contributed by atoms with Gasteiger partial charge in [-0.05, 0) is 47.9 Å². The van der Waals surface area contributed by atoms with Crippen LogP contribution in [-0.2, 0) is 16.0 Å². The number of esters is 1. The summed E-state index contributed by atoms with van der Waals surface area (Å²) in [5.74, 6) is -0.942. The standard InChI is InChI=1S/C29H22ClN3O4S/c1-2-37-29(36)26-23-17-38-27(25(23)28(35)33(32-26)22-14-12-21(30)13-15-22)31-24(34)16-18-8-10-20(11-9-18)19-6-4-3-5-7-19/h3-15,17H,2,16H2,1H3,(H,31,34). The molecule has 1 N–H and O–H groups in total. The van der Waals surface area contributed by atoms with Crippen molar-refractivity contribution in [1.29, 1.82) is 0 Å². The minimum absolute atomic E-state index is 0.00958. The van der Waals surface area contributed by atoms with E-state index >= 15 is 0 Å². The van der Waals surface area contributed by atoms with E-state index < -0.39 is 11.5 Å². The molecule has 5 aromatic rings. The lowest BCUT2D eigenvalue weighted by Crippen LogP contribution is -2.25. The molecule has 0 saturated heterocycles. The Morgan fingerprint density at radius 2 is 1.66 bits per heavy atom. The molecule has 0 aliphatic rings. The highest BCUT2D eigenvalue weighted by Crippen LogP contribution is 2.31. The number of carbonyl (C=O) groups excluding carboxylic acids is 2. The zero-order valence-corrected chi connectivity index (χ0v) is 21.9. The molecule has 190 valence electrons. The van der Waals surface area contributed by atoms with E-state index in [1.807, 2.05) is 54.6 Å². The molecule has 0 radical (unpaired) electrons. The van der Waals surface area contributed by atoms with Crippen molar-refractivity contribution >= 4 is 50.6 Å². The maximum Gasteiger partial charge on any atom is 0.359 e. The number of hydrogen-bond acceptors (Lipinski definition) is 6. The molecule has 0 aliphatic heterocycles. The average molecular weight is 544 g/mol. The molecular weight excluding hydrogens is 522 g/mol. The first-order valence-electron chi connectivity index (χ1n) is 11.9. The van der Waals surface area contributed by atoms with Crippen LogP contribution in [0.5, 0.6) is 0 Å². The van der Waals surface area contributed by atoms with Crippen molar-refractivity contribution in [3.8, 4) is 16.8 Å². The van der Waals surface area contributed by atoms with Gasteiger partial charge < -0.3 is 10.1 Å². The highest BCUT2D eigenvalue weighted by Gasteiger charge is 2.23. The lowest BCUT2D eigenvalue weighted by Gasteiger charge is -2.10. The zero-order valence-electron chi connectivity index (χ0n) is 20.3. The number of rotatable bonds is 7. The van der Waals surface area contributed by atoms with E-state index in [4.69, 9.17) is 16.3 Å². The van der Waals surface area contributed by atoms with E-state index in [1.165, 1.54) is 0 Å². The van der Waals surface area contributed by atoms with Gasteiger partial charge in [0.15, 0.2) is 5.69 Å². The molecule has 0 bridgehead atoms. The topological polar surface area (TPSA) is 90.3 Å². The second kappa shape index (κ2) is 11.0. The number of nitrogens with one attached hydrogen (secondary N) is 1. The number of carbonyl (C=O) groups is 2. The van der Waals surface area contributed by atoms with E-state index in [1.54, 1.807) is 36.6 Å². The summed E-state index contributed by atoms with van der Waals surface area (Å²) >= 11 is 7.16. The van der Waals surface area contributed by atoms with Gasteiger partial charge in [-0.1, -0.05) is 66.2 Å². The van der Waals surface area contributed by atoms with Crippen molar-refractivity contribution in [3.63, 3.8) is 0 Å². The number of amides is 1. The number of nitrogens with zero attached hydrogens (tertiary/aromatic N) is 2. The molecule has 3 aromatic carbocycles. The first kappa shape index (κ1) is 25.4. The summed E-state index contributed by atoms with van der Waals surface area (Å²) in [6.07, 6.45) is 0.121. The number of ether oxygens (including phenoxy) is 1. The third-order valence-corrected chi connectivity index (χ3v) is 7.02. The Morgan fingerprint density at radius 3 is 2.34 bits per heavy atom. The fraction of sp³-hybridized carbons (Fsp3) is 0.103. The monoisotopic (exact) mass is 543 g/mol.